The van der Waals surface area contributed by atoms with Gasteiger partial charge in [-0.1, -0.05) is 30.3 Å². The lowest BCUT2D eigenvalue weighted by atomic mass is 10.1. The van der Waals surface area contributed by atoms with Crippen molar-refractivity contribution in [3.63, 3.8) is 0 Å². The molecule has 0 amide bonds. The fourth-order valence-electron chi connectivity index (χ4n) is 1.68. The van der Waals surface area contributed by atoms with Crippen molar-refractivity contribution in [1.82, 2.24) is 0 Å². The first-order valence-corrected chi connectivity index (χ1v) is 6.10. The third kappa shape index (κ3) is 4.87. The first-order chi connectivity index (χ1) is 10.2. The third-order valence-corrected chi connectivity index (χ3v) is 2.60. The van der Waals surface area contributed by atoms with E-state index < -0.39 is 0 Å². The zero-order chi connectivity index (χ0) is 15.7. The molecule has 0 saturated heterocycles. The standard InChI is InChI=1S/C10H8O2.C6H6O.CH2O/c11-8-4-5-9-7(6-8)2-1-3-10(9)12;7-6-4-2-1-3-5-6;1-2/h1-6,11-12H;1-5,7H;1H2. The minimum atomic E-state index is 0.216. The van der Waals surface area contributed by atoms with Crippen molar-refractivity contribution in [2.24, 2.45) is 0 Å². The van der Waals surface area contributed by atoms with E-state index in [1.54, 1.807) is 54.6 Å². The van der Waals surface area contributed by atoms with Crippen molar-refractivity contribution in [3.8, 4) is 17.2 Å². The summed E-state index contributed by atoms with van der Waals surface area (Å²) < 4.78 is 0. The number of phenolic OH excluding ortho intramolecular Hbond substituents is 3. The van der Waals surface area contributed by atoms with Crippen LogP contribution in [-0.2, 0) is 4.79 Å². The largest absolute Gasteiger partial charge is 0.508 e. The molecule has 3 aromatic carbocycles. The normalized spacial score (nSPS) is 8.95. The zero-order valence-corrected chi connectivity index (χ0v) is 11.3. The molecule has 0 fully saturated rings. The molecule has 0 aromatic heterocycles. The molecule has 0 radical (unpaired) electrons. The Morgan fingerprint density at radius 1 is 0.667 bits per heavy atom. The fraction of sp³-hybridized carbons (Fsp3) is 0. The van der Waals surface area contributed by atoms with E-state index in [9.17, 15) is 5.11 Å². The van der Waals surface area contributed by atoms with Gasteiger partial charge in [0.15, 0.2) is 0 Å². The van der Waals surface area contributed by atoms with Gasteiger partial charge in [0.05, 0.1) is 0 Å². The summed E-state index contributed by atoms with van der Waals surface area (Å²) >= 11 is 0. The summed E-state index contributed by atoms with van der Waals surface area (Å²) in [6.45, 7) is 2.00. The third-order valence-electron chi connectivity index (χ3n) is 2.60. The van der Waals surface area contributed by atoms with Gasteiger partial charge in [0.25, 0.3) is 0 Å². The molecule has 4 heteroatoms. The Kier molecular flexibility index (Phi) is 6.28. The predicted octanol–water partition coefficient (Wildman–Crippen LogP) is 3.46. The van der Waals surface area contributed by atoms with Gasteiger partial charge in [0.1, 0.15) is 24.0 Å². The average molecular weight is 284 g/mol. The SMILES string of the molecule is C=O.Oc1ccc2c(O)cccc2c1.Oc1ccccc1. The van der Waals surface area contributed by atoms with Gasteiger partial charge in [-0.15, -0.1) is 0 Å². The van der Waals surface area contributed by atoms with Crippen LogP contribution in [0.1, 0.15) is 0 Å². The number of rotatable bonds is 0. The summed E-state index contributed by atoms with van der Waals surface area (Å²) in [5.74, 6) is 0.781. The Labute approximate surface area is 122 Å². The number of carbonyl (C=O) groups is 1. The molecule has 0 atom stereocenters. The molecule has 3 aromatic rings. The van der Waals surface area contributed by atoms with Gasteiger partial charge in [0.2, 0.25) is 0 Å². The maximum atomic E-state index is 9.38. The fourth-order valence-corrected chi connectivity index (χ4v) is 1.68. The molecule has 0 unspecified atom stereocenters. The number of phenols is 3. The Morgan fingerprint density at radius 2 is 1.33 bits per heavy atom. The van der Waals surface area contributed by atoms with Gasteiger partial charge in [-0.3, -0.25) is 0 Å². The van der Waals surface area contributed by atoms with Crippen LogP contribution in [0.15, 0.2) is 66.7 Å². The van der Waals surface area contributed by atoms with Gasteiger partial charge in [0, 0.05) is 5.39 Å². The Bertz CT molecular complexity index is 681. The molecule has 0 aliphatic rings. The molecule has 3 rings (SSSR count). The molecule has 0 aliphatic carbocycles. The lowest BCUT2D eigenvalue weighted by Gasteiger charge is -1.99. The minimum absolute atomic E-state index is 0.216. The maximum Gasteiger partial charge on any atom is 0.123 e. The highest BCUT2D eigenvalue weighted by molar-refractivity contribution is 5.88. The lowest BCUT2D eigenvalue weighted by Crippen LogP contribution is -1.72. The van der Waals surface area contributed by atoms with Crippen molar-refractivity contribution < 1.29 is 20.1 Å². The Morgan fingerprint density at radius 3 is 1.90 bits per heavy atom. The highest BCUT2D eigenvalue weighted by Crippen LogP contribution is 2.26. The van der Waals surface area contributed by atoms with Gasteiger partial charge in [-0.05, 0) is 41.8 Å². The summed E-state index contributed by atoms with van der Waals surface area (Å²) in [5.41, 5.74) is 0. The number of hydrogen-bond donors (Lipinski definition) is 3. The van der Waals surface area contributed by atoms with Crippen molar-refractivity contribution in [2.75, 3.05) is 0 Å². The summed E-state index contributed by atoms with van der Waals surface area (Å²) in [5, 5.41) is 28.8. The van der Waals surface area contributed by atoms with E-state index in [1.807, 2.05) is 18.9 Å². The topological polar surface area (TPSA) is 77.8 Å². The minimum Gasteiger partial charge on any atom is -0.508 e. The second kappa shape index (κ2) is 8.22. The molecule has 21 heavy (non-hydrogen) atoms. The molecular weight excluding hydrogens is 268 g/mol. The van der Waals surface area contributed by atoms with Gasteiger partial charge in [-0.25, -0.2) is 0 Å². The van der Waals surface area contributed by atoms with Crippen molar-refractivity contribution in [1.29, 1.82) is 0 Å². The molecule has 0 heterocycles. The van der Waals surface area contributed by atoms with Crippen LogP contribution in [0.3, 0.4) is 0 Å². The summed E-state index contributed by atoms with van der Waals surface area (Å²) in [7, 11) is 0. The summed E-state index contributed by atoms with van der Waals surface area (Å²) in [6, 6.07) is 18.8. The summed E-state index contributed by atoms with van der Waals surface area (Å²) in [4.78, 5) is 8.00. The van der Waals surface area contributed by atoms with Crippen LogP contribution in [0.4, 0.5) is 0 Å². The van der Waals surface area contributed by atoms with Crippen LogP contribution in [0.2, 0.25) is 0 Å². The lowest BCUT2D eigenvalue weighted by molar-refractivity contribution is -0.0979. The van der Waals surface area contributed by atoms with Crippen molar-refractivity contribution in [3.05, 3.63) is 66.7 Å². The first kappa shape index (κ1) is 16.0. The van der Waals surface area contributed by atoms with Crippen LogP contribution < -0.4 is 0 Å². The van der Waals surface area contributed by atoms with Crippen molar-refractivity contribution in [2.45, 2.75) is 0 Å². The number of para-hydroxylation sites is 1. The van der Waals surface area contributed by atoms with Gasteiger partial charge >= 0.3 is 0 Å². The van der Waals surface area contributed by atoms with Crippen molar-refractivity contribution >= 4 is 17.6 Å². The molecule has 4 nitrogen and oxygen atoms in total. The molecule has 0 aliphatic heterocycles. The van der Waals surface area contributed by atoms with Crippen LogP contribution in [0.5, 0.6) is 17.2 Å². The second-order valence-corrected chi connectivity index (χ2v) is 4.02. The molecule has 3 N–H and O–H groups in total. The number of carbonyl (C=O) groups excluding carboxylic acids is 1. The van der Waals surface area contributed by atoms with E-state index in [2.05, 4.69) is 0 Å². The molecule has 108 valence electrons. The van der Waals surface area contributed by atoms with Crippen LogP contribution in [0.25, 0.3) is 10.8 Å². The molecule has 0 bridgehead atoms. The van der Waals surface area contributed by atoms with E-state index in [4.69, 9.17) is 15.0 Å². The van der Waals surface area contributed by atoms with Crippen LogP contribution in [-0.4, -0.2) is 22.1 Å². The highest BCUT2D eigenvalue weighted by Gasteiger charge is 1.98. The van der Waals surface area contributed by atoms with E-state index in [-0.39, 0.29) is 11.5 Å². The smallest absolute Gasteiger partial charge is 0.123 e. The maximum absolute atomic E-state index is 9.38. The average Bonchev–Trinajstić information content (AvgIpc) is 2.51. The predicted molar refractivity (Wildman–Crippen MR) is 82.5 cm³/mol. The first-order valence-electron chi connectivity index (χ1n) is 6.10. The van der Waals surface area contributed by atoms with E-state index in [0.717, 1.165) is 10.8 Å². The monoisotopic (exact) mass is 284 g/mol. The Balaban J connectivity index is 0.000000210. The number of hydrogen-bond acceptors (Lipinski definition) is 4. The van der Waals surface area contributed by atoms with Gasteiger partial charge < -0.3 is 20.1 Å². The molecule has 0 spiro atoms. The van der Waals surface area contributed by atoms with E-state index in [1.165, 1.54) is 0 Å². The zero-order valence-electron chi connectivity index (χ0n) is 11.3. The Hall–Kier alpha value is -3.01. The molecular formula is C17H16O4. The number of fused-ring (bicyclic) bond motifs is 1. The second-order valence-electron chi connectivity index (χ2n) is 4.02. The van der Waals surface area contributed by atoms with Gasteiger partial charge in [-0.2, -0.15) is 0 Å². The number of aromatic hydroxyl groups is 3. The highest BCUT2D eigenvalue weighted by atomic mass is 16.3. The van der Waals surface area contributed by atoms with Crippen LogP contribution in [0, 0.1) is 0 Å². The van der Waals surface area contributed by atoms with Crippen LogP contribution >= 0.6 is 0 Å². The van der Waals surface area contributed by atoms with E-state index in [0.29, 0.717) is 5.75 Å². The molecule has 0 saturated carbocycles. The summed E-state index contributed by atoms with van der Waals surface area (Å²) in [6.07, 6.45) is 0. The van der Waals surface area contributed by atoms with E-state index >= 15 is 0 Å². The quantitative estimate of drug-likeness (QED) is 0.591. The number of benzene rings is 3.